The summed E-state index contributed by atoms with van der Waals surface area (Å²) >= 11 is 0. The van der Waals surface area contributed by atoms with Gasteiger partial charge in [-0.2, -0.15) is 0 Å². The van der Waals surface area contributed by atoms with Crippen molar-refractivity contribution >= 4 is 0 Å². The summed E-state index contributed by atoms with van der Waals surface area (Å²) in [5, 5.41) is 3.72. The minimum Gasteiger partial charge on any atom is -0.379 e. The van der Waals surface area contributed by atoms with Crippen LogP contribution in [0.15, 0.2) is 0 Å². The quantitative estimate of drug-likeness (QED) is 0.744. The molecule has 0 radical (unpaired) electrons. The second kappa shape index (κ2) is 7.34. The molecule has 0 spiro atoms. The van der Waals surface area contributed by atoms with Gasteiger partial charge in [0.2, 0.25) is 0 Å². The number of morpholine rings is 1. The maximum Gasteiger partial charge on any atom is 0.0619 e. The third-order valence-electron chi connectivity index (χ3n) is 4.17. The van der Waals surface area contributed by atoms with Crippen LogP contribution in [0.3, 0.4) is 0 Å². The number of rotatable bonds is 5. The van der Waals surface area contributed by atoms with Crippen molar-refractivity contribution in [1.82, 2.24) is 10.2 Å². The van der Waals surface area contributed by atoms with Gasteiger partial charge in [-0.3, -0.25) is 4.90 Å². The summed E-state index contributed by atoms with van der Waals surface area (Å²) in [6.07, 6.45) is 8.38. The Morgan fingerprint density at radius 1 is 1.24 bits per heavy atom. The maximum atomic E-state index is 5.46. The van der Waals surface area contributed by atoms with Crippen LogP contribution in [-0.2, 0) is 4.74 Å². The second-order valence-electron chi connectivity index (χ2n) is 5.60. The van der Waals surface area contributed by atoms with E-state index in [2.05, 4.69) is 17.1 Å². The van der Waals surface area contributed by atoms with Crippen LogP contribution in [0.2, 0.25) is 0 Å². The van der Waals surface area contributed by atoms with Crippen LogP contribution in [0.5, 0.6) is 0 Å². The molecule has 3 nitrogen and oxygen atoms in total. The Hall–Kier alpha value is -0.120. The average molecular weight is 240 g/mol. The standard InChI is InChI=1S/C14H28N2O/c1-13-12-17-11-10-16(13)9-5-8-15-14-6-3-2-4-7-14/h13-15H,2-12H2,1H3. The summed E-state index contributed by atoms with van der Waals surface area (Å²) in [6.45, 7) is 7.63. The molecule has 2 aliphatic rings. The van der Waals surface area contributed by atoms with E-state index in [0.717, 1.165) is 25.8 Å². The van der Waals surface area contributed by atoms with Crippen molar-refractivity contribution < 1.29 is 4.74 Å². The van der Waals surface area contributed by atoms with Gasteiger partial charge < -0.3 is 10.1 Å². The van der Waals surface area contributed by atoms with Gasteiger partial charge in [-0.1, -0.05) is 19.3 Å². The van der Waals surface area contributed by atoms with Crippen LogP contribution < -0.4 is 5.32 Å². The van der Waals surface area contributed by atoms with E-state index in [9.17, 15) is 0 Å². The summed E-state index contributed by atoms with van der Waals surface area (Å²) < 4.78 is 5.46. The van der Waals surface area contributed by atoms with Crippen molar-refractivity contribution in [3.05, 3.63) is 0 Å². The van der Waals surface area contributed by atoms with E-state index in [1.807, 2.05) is 0 Å². The third-order valence-corrected chi connectivity index (χ3v) is 4.17. The Labute approximate surface area is 106 Å². The van der Waals surface area contributed by atoms with Gasteiger partial charge in [0.1, 0.15) is 0 Å². The van der Waals surface area contributed by atoms with E-state index in [4.69, 9.17) is 4.74 Å². The minimum atomic E-state index is 0.610. The van der Waals surface area contributed by atoms with Crippen LogP contribution in [0.25, 0.3) is 0 Å². The summed E-state index contributed by atoms with van der Waals surface area (Å²) in [5.41, 5.74) is 0. The van der Waals surface area contributed by atoms with E-state index in [1.165, 1.54) is 51.6 Å². The van der Waals surface area contributed by atoms with Gasteiger partial charge in [0.25, 0.3) is 0 Å². The Morgan fingerprint density at radius 3 is 2.82 bits per heavy atom. The van der Waals surface area contributed by atoms with Gasteiger partial charge in [-0.25, -0.2) is 0 Å². The molecule has 2 rings (SSSR count). The van der Waals surface area contributed by atoms with E-state index in [1.54, 1.807) is 0 Å². The molecule has 0 aromatic carbocycles. The first kappa shape index (κ1) is 13.3. The topological polar surface area (TPSA) is 24.5 Å². The first-order chi connectivity index (χ1) is 8.36. The molecule has 1 unspecified atom stereocenters. The highest BCUT2D eigenvalue weighted by atomic mass is 16.5. The summed E-state index contributed by atoms with van der Waals surface area (Å²) in [5.74, 6) is 0. The molecule has 3 heteroatoms. The monoisotopic (exact) mass is 240 g/mol. The first-order valence-electron chi connectivity index (χ1n) is 7.41. The lowest BCUT2D eigenvalue weighted by Crippen LogP contribution is -2.44. The molecular weight excluding hydrogens is 212 g/mol. The number of ether oxygens (including phenoxy) is 1. The summed E-state index contributed by atoms with van der Waals surface area (Å²) in [7, 11) is 0. The van der Waals surface area contributed by atoms with Gasteiger partial charge in [-0.05, 0) is 39.3 Å². The van der Waals surface area contributed by atoms with Crippen molar-refractivity contribution in [2.45, 2.75) is 57.5 Å². The van der Waals surface area contributed by atoms with E-state index >= 15 is 0 Å². The lowest BCUT2D eigenvalue weighted by molar-refractivity contribution is -0.000682. The molecule has 1 heterocycles. The highest BCUT2D eigenvalue weighted by Crippen LogP contribution is 2.17. The summed E-state index contributed by atoms with van der Waals surface area (Å²) in [4.78, 5) is 2.56. The predicted octanol–water partition coefficient (Wildman–Crippen LogP) is 2.02. The molecule has 1 saturated carbocycles. The lowest BCUT2D eigenvalue weighted by atomic mass is 9.95. The fourth-order valence-corrected chi connectivity index (χ4v) is 2.99. The van der Waals surface area contributed by atoms with Crippen LogP contribution in [0.1, 0.15) is 45.4 Å². The number of hydrogen-bond acceptors (Lipinski definition) is 3. The molecule has 2 fully saturated rings. The zero-order chi connectivity index (χ0) is 11.9. The fourth-order valence-electron chi connectivity index (χ4n) is 2.99. The van der Waals surface area contributed by atoms with Crippen LogP contribution in [-0.4, -0.2) is 49.8 Å². The van der Waals surface area contributed by atoms with Gasteiger partial charge >= 0.3 is 0 Å². The summed E-state index contributed by atoms with van der Waals surface area (Å²) in [6, 6.07) is 1.42. The van der Waals surface area contributed by atoms with E-state index in [0.29, 0.717) is 6.04 Å². The van der Waals surface area contributed by atoms with Gasteiger partial charge in [0.05, 0.1) is 13.2 Å². The molecule has 1 atom stereocenters. The highest BCUT2D eigenvalue weighted by Gasteiger charge is 2.18. The fraction of sp³-hybridized carbons (Fsp3) is 1.00. The zero-order valence-corrected chi connectivity index (χ0v) is 11.3. The Kier molecular flexibility index (Phi) is 5.75. The van der Waals surface area contributed by atoms with E-state index in [-0.39, 0.29) is 0 Å². The molecule has 1 saturated heterocycles. The van der Waals surface area contributed by atoms with Crippen molar-refractivity contribution in [2.75, 3.05) is 32.8 Å². The Balaban J connectivity index is 1.53. The molecule has 1 aliphatic carbocycles. The molecule has 0 aromatic rings. The minimum absolute atomic E-state index is 0.610. The van der Waals surface area contributed by atoms with Crippen LogP contribution in [0.4, 0.5) is 0 Å². The van der Waals surface area contributed by atoms with Crippen molar-refractivity contribution in [1.29, 1.82) is 0 Å². The highest BCUT2D eigenvalue weighted by molar-refractivity contribution is 4.74. The average Bonchev–Trinajstić information content (AvgIpc) is 2.38. The first-order valence-corrected chi connectivity index (χ1v) is 7.41. The molecular formula is C14H28N2O. The third kappa shape index (κ3) is 4.57. The lowest BCUT2D eigenvalue weighted by Gasteiger charge is -2.33. The molecule has 0 bridgehead atoms. The SMILES string of the molecule is CC1COCCN1CCCNC1CCCCC1. The smallest absolute Gasteiger partial charge is 0.0619 e. The van der Waals surface area contributed by atoms with Gasteiger partial charge in [-0.15, -0.1) is 0 Å². The van der Waals surface area contributed by atoms with Gasteiger partial charge in [0.15, 0.2) is 0 Å². The zero-order valence-electron chi connectivity index (χ0n) is 11.3. The number of hydrogen-bond donors (Lipinski definition) is 1. The Morgan fingerprint density at radius 2 is 2.06 bits per heavy atom. The molecule has 1 N–H and O–H groups in total. The predicted molar refractivity (Wildman–Crippen MR) is 71.3 cm³/mol. The second-order valence-corrected chi connectivity index (χ2v) is 5.60. The van der Waals surface area contributed by atoms with E-state index < -0.39 is 0 Å². The largest absolute Gasteiger partial charge is 0.379 e. The number of nitrogens with one attached hydrogen (secondary N) is 1. The molecule has 0 amide bonds. The normalized spacial score (nSPS) is 28.4. The molecule has 17 heavy (non-hydrogen) atoms. The Bertz CT molecular complexity index is 204. The van der Waals surface area contributed by atoms with Crippen molar-refractivity contribution in [3.63, 3.8) is 0 Å². The molecule has 1 aliphatic heterocycles. The molecule has 100 valence electrons. The van der Waals surface area contributed by atoms with Crippen LogP contribution >= 0.6 is 0 Å². The maximum absolute atomic E-state index is 5.46. The number of nitrogens with zero attached hydrogens (tertiary/aromatic N) is 1. The molecule has 0 aromatic heterocycles. The van der Waals surface area contributed by atoms with Gasteiger partial charge in [0, 0.05) is 18.6 Å². The van der Waals surface area contributed by atoms with Crippen LogP contribution in [0, 0.1) is 0 Å². The van der Waals surface area contributed by atoms with Crippen molar-refractivity contribution in [2.24, 2.45) is 0 Å². The van der Waals surface area contributed by atoms with Crippen molar-refractivity contribution in [3.8, 4) is 0 Å².